The van der Waals surface area contributed by atoms with Crippen molar-refractivity contribution in [3.8, 4) is 0 Å². The van der Waals surface area contributed by atoms with Gasteiger partial charge in [-0.15, -0.1) is 0 Å². The summed E-state index contributed by atoms with van der Waals surface area (Å²) in [5, 5.41) is 12.4. The Balaban J connectivity index is 1.35. The first-order valence-corrected chi connectivity index (χ1v) is 14.7. The van der Waals surface area contributed by atoms with Gasteiger partial charge in [-0.25, -0.2) is 4.79 Å². The van der Waals surface area contributed by atoms with Crippen LogP contribution >= 0.6 is 11.6 Å². The van der Waals surface area contributed by atoms with Gasteiger partial charge in [0.2, 0.25) is 17.7 Å². The molecule has 1 saturated heterocycles. The summed E-state index contributed by atoms with van der Waals surface area (Å²) >= 11 is 6.39. The molecule has 2 aromatic carbocycles. The second kappa shape index (κ2) is 11.4. The minimum Gasteiger partial charge on any atom is -0.357 e. The Morgan fingerprint density at radius 3 is 2.54 bits per heavy atom. The lowest BCUT2D eigenvalue weighted by molar-refractivity contribution is -0.130. The molecule has 2 aromatic rings. The van der Waals surface area contributed by atoms with Crippen LogP contribution in [0.15, 0.2) is 36.4 Å². The van der Waals surface area contributed by atoms with E-state index in [1.165, 1.54) is 6.92 Å². The number of anilines is 1. The second-order valence-corrected chi connectivity index (χ2v) is 12.3. The lowest BCUT2D eigenvalue weighted by Crippen LogP contribution is -2.60. The van der Waals surface area contributed by atoms with Gasteiger partial charge in [-0.3, -0.25) is 14.4 Å². The summed E-state index contributed by atoms with van der Waals surface area (Å²) in [6.45, 7) is 5.97. The zero-order valence-electron chi connectivity index (χ0n) is 24.0. The molecule has 5 amide bonds. The molecule has 4 unspecified atom stereocenters. The molecule has 10 heteroatoms. The number of halogens is 1. The summed E-state index contributed by atoms with van der Waals surface area (Å²) in [6, 6.07) is 10.5. The van der Waals surface area contributed by atoms with Gasteiger partial charge in [-0.2, -0.15) is 0 Å². The van der Waals surface area contributed by atoms with Gasteiger partial charge in [-0.1, -0.05) is 43.6 Å². The van der Waals surface area contributed by atoms with E-state index >= 15 is 0 Å². The van der Waals surface area contributed by atoms with Crippen molar-refractivity contribution in [3.63, 3.8) is 0 Å². The molecule has 4 N–H and O–H groups in total. The molecule has 1 aliphatic heterocycles. The SMILES string of the molecule is CNC(=O)C1(N2CC(C(C)C)NC2=O)Cc2ccc(NC(=O)C(NC(C)=O)C3CCc4c(Cl)cccc4C3)cc2C1. The van der Waals surface area contributed by atoms with E-state index in [0.29, 0.717) is 31.5 Å². The fraction of sp³-hybridized carbons (Fsp3) is 0.484. The van der Waals surface area contributed by atoms with Crippen LogP contribution in [-0.2, 0) is 40.1 Å². The van der Waals surface area contributed by atoms with Crippen LogP contribution in [-0.4, -0.2) is 59.9 Å². The predicted molar refractivity (Wildman–Crippen MR) is 158 cm³/mol. The fourth-order valence-electron chi connectivity index (χ4n) is 6.66. The fourth-order valence-corrected chi connectivity index (χ4v) is 6.95. The van der Waals surface area contributed by atoms with E-state index in [2.05, 4.69) is 35.1 Å². The molecule has 0 bridgehead atoms. The number of carbonyl (C=O) groups excluding carboxylic acids is 4. The number of carbonyl (C=O) groups is 4. The van der Waals surface area contributed by atoms with Crippen molar-refractivity contribution < 1.29 is 19.2 Å². The van der Waals surface area contributed by atoms with Gasteiger partial charge in [0.15, 0.2) is 0 Å². The Labute approximate surface area is 245 Å². The van der Waals surface area contributed by atoms with E-state index in [0.717, 1.165) is 40.1 Å². The van der Waals surface area contributed by atoms with Crippen molar-refractivity contribution in [1.29, 1.82) is 0 Å². The zero-order valence-corrected chi connectivity index (χ0v) is 24.7. The number of likely N-dealkylation sites (N-methyl/N-ethyl adjacent to an activating group) is 1. The van der Waals surface area contributed by atoms with Crippen LogP contribution in [0, 0.1) is 11.8 Å². The van der Waals surface area contributed by atoms with E-state index in [1.54, 1.807) is 11.9 Å². The first-order chi connectivity index (χ1) is 19.5. The maximum Gasteiger partial charge on any atom is 0.318 e. The summed E-state index contributed by atoms with van der Waals surface area (Å²) in [5.74, 6) is -0.604. The predicted octanol–water partition coefficient (Wildman–Crippen LogP) is 3.22. The monoisotopic (exact) mass is 579 g/mol. The van der Waals surface area contributed by atoms with Gasteiger partial charge in [0.25, 0.3) is 0 Å². The highest BCUT2D eigenvalue weighted by atomic mass is 35.5. The topological polar surface area (TPSA) is 120 Å². The van der Waals surface area contributed by atoms with Gasteiger partial charge in [0.05, 0.1) is 6.04 Å². The van der Waals surface area contributed by atoms with E-state index in [1.807, 2.05) is 36.4 Å². The van der Waals surface area contributed by atoms with Gasteiger partial charge >= 0.3 is 6.03 Å². The Morgan fingerprint density at radius 1 is 1.10 bits per heavy atom. The molecule has 2 aliphatic carbocycles. The second-order valence-electron chi connectivity index (χ2n) is 11.9. The number of fused-ring (bicyclic) bond motifs is 2. The molecule has 3 aliphatic rings. The van der Waals surface area contributed by atoms with Gasteiger partial charge in [0, 0.05) is 44.1 Å². The molecular formula is C31H38ClN5O4. The number of amides is 5. The van der Waals surface area contributed by atoms with Crippen molar-refractivity contribution in [2.45, 2.75) is 70.5 Å². The maximum absolute atomic E-state index is 13.6. The van der Waals surface area contributed by atoms with Crippen LogP contribution in [0.5, 0.6) is 0 Å². The van der Waals surface area contributed by atoms with Crippen LogP contribution < -0.4 is 21.3 Å². The number of urea groups is 1. The lowest BCUT2D eigenvalue weighted by atomic mass is 9.79. The molecular weight excluding hydrogens is 542 g/mol. The first kappa shape index (κ1) is 28.9. The largest absolute Gasteiger partial charge is 0.357 e. The number of nitrogens with zero attached hydrogens (tertiary/aromatic N) is 1. The molecule has 0 radical (unpaired) electrons. The minimum absolute atomic E-state index is 0.0314. The number of hydrogen-bond donors (Lipinski definition) is 4. The average molecular weight is 580 g/mol. The highest BCUT2D eigenvalue weighted by Gasteiger charge is 2.53. The molecule has 0 saturated carbocycles. The van der Waals surface area contributed by atoms with Gasteiger partial charge < -0.3 is 26.2 Å². The van der Waals surface area contributed by atoms with Crippen molar-refractivity contribution in [3.05, 3.63) is 63.7 Å². The van der Waals surface area contributed by atoms with Crippen molar-refractivity contribution in [2.75, 3.05) is 18.9 Å². The maximum atomic E-state index is 13.6. The summed E-state index contributed by atoms with van der Waals surface area (Å²) in [4.78, 5) is 53.7. The molecule has 5 rings (SSSR count). The third-order valence-electron chi connectivity index (χ3n) is 8.92. The Hall–Kier alpha value is -3.59. The van der Waals surface area contributed by atoms with Crippen LogP contribution in [0.4, 0.5) is 10.5 Å². The highest BCUT2D eigenvalue weighted by molar-refractivity contribution is 6.31. The molecule has 4 atom stereocenters. The van der Waals surface area contributed by atoms with Gasteiger partial charge in [-0.05, 0) is 71.6 Å². The summed E-state index contributed by atoms with van der Waals surface area (Å²) in [6.07, 6.45) is 2.85. The third-order valence-corrected chi connectivity index (χ3v) is 9.27. The Morgan fingerprint density at radius 2 is 1.85 bits per heavy atom. The molecule has 1 fully saturated rings. The van der Waals surface area contributed by atoms with E-state index in [9.17, 15) is 19.2 Å². The van der Waals surface area contributed by atoms with Crippen molar-refractivity contribution in [1.82, 2.24) is 20.9 Å². The van der Waals surface area contributed by atoms with Crippen molar-refractivity contribution in [2.24, 2.45) is 11.8 Å². The van der Waals surface area contributed by atoms with Crippen LogP contribution in [0.2, 0.25) is 5.02 Å². The summed E-state index contributed by atoms with van der Waals surface area (Å²) in [5.41, 5.74) is 3.63. The molecule has 9 nitrogen and oxygen atoms in total. The number of benzene rings is 2. The normalized spacial score (nSPS) is 23.9. The third kappa shape index (κ3) is 5.52. The van der Waals surface area contributed by atoms with Crippen molar-refractivity contribution >= 4 is 41.0 Å². The minimum atomic E-state index is -1.04. The van der Waals surface area contributed by atoms with E-state index in [-0.39, 0.29) is 41.6 Å². The smallest absolute Gasteiger partial charge is 0.318 e. The average Bonchev–Trinajstić information content (AvgIpc) is 3.52. The molecule has 0 spiro atoms. The van der Waals surface area contributed by atoms with E-state index < -0.39 is 11.6 Å². The number of rotatable bonds is 7. The van der Waals surface area contributed by atoms with Crippen LogP contribution in [0.25, 0.3) is 0 Å². The Kier molecular flexibility index (Phi) is 8.01. The Bertz CT molecular complexity index is 1390. The number of hydrogen-bond acceptors (Lipinski definition) is 4. The highest BCUT2D eigenvalue weighted by Crippen LogP contribution is 2.39. The first-order valence-electron chi connectivity index (χ1n) is 14.3. The summed E-state index contributed by atoms with van der Waals surface area (Å²) in [7, 11) is 1.59. The molecule has 218 valence electrons. The quantitative estimate of drug-likeness (QED) is 0.403. The molecule has 1 heterocycles. The zero-order chi connectivity index (χ0) is 29.5. The van der Waals surface area contributed by atoms with Gasteiger partial charge in [0.1, 0.15) is 11.6 Å². The van der Waals surface area contributed by atoms with Crippen LogP contribution in [0.3, 0.4) is 0 Å². The lowest BCUT2D eigenvalue weighted by Gasteiger charge is -2.36. The standard InChI is InChI=1S/C31H38ClN5O4/c1-17(2)26-16-37(30(41)36-26)31(29(40)33-4)14-21-8-10-23(13-22(21)15-31)35-28(39)27(34-18(3)38)20-9-11-24-19(12-20)6-5-7-25(24)32/h5-8,10,13,17,20,26-27H,9,11-12,14-16H2,1-4H3,(H,33,40)(H,34,38)(H,35,39)(H,36,41). The van der Waals surface area contributed by atoms with E-state index in [4.69, 9.17) is 11.6 Å². The number of nitrogens with one attached hydrogen (secondary N) is 4. The molecule has 0 aromatic heterocycles. The van der Waals surface area contributed by atoms with Crippen LogP contribution in [0.1, 0.15) is 49.4 Å². The molecule has 41 heavy (non-hydrogen) atoms. The summed E-state index contributed by atoms with van der Waals surface area (Å²) < 4.78 is 0.